The molecule has 2 rings (SSSR count). The summed E-state index contributed by atoms with van der Waals surface area (Å²) in [5.41, 5.74) is 1.36. The lowest BCUT2D eigenvalue weighted by atomic mass is 10.1. The molecular formula is C16H17FN2O. The maximum absolute atomic E-state index is 13.5. The molecule has 0 fully saturated rings. The topological polar surface area (TPSA) is 33.2 Å². The minimum Gasteiger partial charge on any atom is -0.298 e. The highest BCUT2D eigenvalue weighted by atomic mass is 19.1. The minimum absolute atomic E-state index is 0.00599. The summed E-state index contributed by atoms with van der Waals surface area (Å²) in [4.78, 5) is 18.0. The van der Waals surface area contributed by atoms with Crippen molar-refractivity contribution >= 4 is 5.78 Å². The van der Waals surface area contributed by atoms with Crippen LogP contribution >= 0.6 is 0 Å². The number of ketones is 1. The highest BCUT2D eigenvalue weighted by Crippen LogP contribution is 2.08. The second-order valence-electron chi connectivity index (χ2n) is 4.80. The molecule has 0 amide bonds. The number of Topliss-reactive ketones (excluding diaryl/α,β-unsaturated/α-hetero) is 1. The third-order valence-electron chi connectivity index (χ3n) is 2.95. The fourth-order valence-electron chi connectivity index (χ4n) is 2.04. The number of rotatable bonds is 6. The molecule has 1 aromatic heterocycles. The number of carbonyl (C=O) groups is 1. The third-order valence-corrected chi connectivity index (χ3v) is 2.95. The zero-order valence-electron chi connectivity index (χ0n) is 11.4. The Morgan fingerprint density at radius 3 is 2.65 bits per heavy atom. The summed E-state index contributed by atoms with van der Waals surface area (Å²) in [6, 6.07) is 12.1. The molecule has 0 bridgehead atoms. The van der Waals surface area contributed by atoms with Crippen molar-refractivity contribution in [3.05, 3.63) is 65.7 Å². The van der Waals surface area contributed by atoms with Crippen LogP contribution in [0.25, 0.3) is 0 Å². The van der Waals surface area contributed by atoms with E-state index >= 15 is 0 Å². The van der Waals surface area contributed by atoms with Gasteiger partial charge >= 0.3 is 0 Å². The van der Waals surface area contributed by atoms with E-state index in [0.29, 0.717) is 12.1 Å². The number of halogens is 1. The van der Waals surface area contributed by atoms with Gasteiger partial charge in [0.25, 0.3) is 0 Å². The first-order valence-electron chi connectivity index (χ1n) is 6.48. The summed E-state index contributed by atoms with van der Waals surface area (Å²) in [6.07, 6.45) is 1.85. The van der Waals surface area contributed by atoms with Gasteiger partial charge in [0.15, 0.2) is 5.78 Å². The van der Waals surface area contributed by atoms with Gasteiger partial charge in [0, 0.05) is 19.2 Å². The van der Waals surface area contributed by atoms with E-state index in [4.69, 9.17) is 0 Å². The normalized spacial score (nSPS) is 10.8. The molecule has 3 nitrogen and oxygen atoms in total. The molecule has 0 N–H and O–H groups in total. The van der Waals surface area contributed by atoms with Crippen LogP contribution in [0.4, 0.5) is 4.39 Å². The van der Waals surface area contributed by atoms with Crippen molar-refractivity contribution in [2.24, 2.45) is 0 Å². The molecule has 0 radical (unpaired) electrons. The van der Waals surface area contributed by atoms with Gasteiger partial charge in [0.2, 0.25) is 0 Å². The Labute approximate surface area is 118 Å². The maximum Gasteiger partial charge on any atom is 0.151 e. The molecular weight excluding hydrogens is 255 g/mol. The zero-order valence-corrected chi connectivity index (χ0v) is 11.4. The van der Waals surface area contributed by atoms with E-state index in [-0.39, 0.29) is 24.6 Å². The zero-order chi connectivity index (χ0) is 14.4. The fraction of sp³-hybridized carbons (Fsp3) is 0.250. The Morgan fingerprint density at radius 2 is 1.95 bits per heavy atom. The van der Waals surface area contributed by atoms with E-state index < -0.39 is 0 Å². The smallest absolute Gasteiger partial charge is 0.151 e. The van der Waals surface area contributed by atoms with Crippen molar-refractivity contribution in [3.8, 4) is 0 Å². The fourth-order valence-corrected chi connectivity index (χ4v) is 2.04. The van der Waals surface area contributed by atoms with Crippen LogP contribution in [0.1, 0.15) is 11.3 Å². The van der Waals surface area contributed by atoms with Gasteiger partial charge in [-0.15, -0.1) is 0 Å². The summed E-state index contributed by atoms with van der Waals surface area (Å²) in [7, 11) is 1.86. The van der Waals surface area contributed by atoms with Gasteiger partial charge in [-0.3, -0.25) is 14.7 Å². The third kappa shape index (κ3) is 4.24. The number of hydrogen-bond donors (Lipinski definition) is 0. The molecule has 0 aliphatic heterocycles. The van der Waals surface area contributed by atoms with Crippen molar-refractivity contribution in [1.29, 1.82) is 0 Å². The van der Waals surface area contributed by atoms with Crippen molar-refractivity contribution in [1.82, 2.24) is 9.88 Å². The number of nitrogens with zero attached hydrogens (tertiary/aromatic N) is 2. The molecule has 0 saturated carbocycles. The van der Waals surface area contributed by atoms with E-state index in [9.17, 15) is 9.18 Å². The van der Waals surface area contributed by atoms with Gasteiger partial charge < -0.3 is 0 Å². The second-order valence-corrected chi connectivity index (χ2v) is 4.80. The SMILES string of the molecule is CN(CC(=O)Cc1ccccc1F)Cc1ccccn1. The molecule has 0 unspecified atom stereocenters. The molecule has 2 aromatic rings. The highest BCUT2D eigenvalue weighted by molar-refractivity contribution is 5.82. The van der Waals surface area contributed by atoms with Crippen LogP contribution in [0.2, 0.25) is 0 Å². The van der Waals surface area contributed by atoms with Crippen LogP contribution in [0.5, 0.6) is 0 Å². The van der Waals surface area contributed by atoms with Crippen LogP contribution < -0.4 is 0 Å². The Bertz CT molecular complexity index is 572. The Hall–Kier alpha value is -2.07. The first kappa shape index (κ1) is 14.3. The minimum atomic E-state index is -0.326. The van der Waals surface area contributed by atoms with Crippen LogP contribution in [0, 0.1) is 5.82 Å². The van der Waals surface area contributed by atoms with E-state index in [1.165, 1.54) is 6.07 Å². The largest absolute Gasteiger partial charge is 0.298 e. The van der Waals surface area contributed by atoms with Crippen LogP contribution in [-0.4, -0.2) is 29.3 Å². The monoisotopic (exact) mass is 272 g/mol. The first-order chi connectivity index (χ1) is 9.65. The van der Waals surface area contributed by atoms with Crippen molar-refractivity contribution in [3.63, 3.8) is 0 Å². The number of benzene rings is 1. The van der Waals surface area contributed by atoms with E-state index in [1.807, 2.05) is 30.1 Å². The van der Waals surface area contributed by atoms with Gasteiger partial charge in [-0.05, 0) is 30.8 Å². The lowest BCUT2D eigenvalue weighted by Gasteiger charge is -2.15. The predicted octanol–water partition coefficient (Wildman–Crippen LogP) is 2.46. The van der Waals surface area contributed by atoms with Gasteiger partial charge in [0.1, 0.15) is 5.82 Å². The molecule has 1 aromatic carbocycles. The molecule has 0 spiro atoms. The molecule has 20 heavy (non-hydrogen) atoms. The number of likely N-dealkylation sites (N-methyl/N-ethyl adjacent to an activating group) is 1. The van der Waals surface area contributed by atoms with Crippen LogP contribution in [0.15, 0.2) is 48.7 Å². The first-order valence-corrected chi connectivity index (χ1v) is 6.48. The van der Waals surface area contributed by atoms with Gasteiger partial charge in [-0.1, -0.05) is 24.3 Å². The van der Waals surface area contributed by atoms with E-state index in [2.05, 4.69) is 4.98 Å². The predicted molar refractivity (Wildman–Crippen MR) is 75.7 cm³/mol. The summed E-state index contributed by atoms with van der Waals surface area (Å²) in [5.74, 6) is -0.332. The van der Waals surface area contributed by atoms with Crippen molar-refractivity contribution in [2.45, 2.75) is 13.0 Å². The molecule has 0 aliphatic rings. The summed E-state index contributed by atoms with van der Waals surface area (Å²) in [5, 5.41) is 0. The summed E-state index contributed by atoms with van der Waals surface area (Å²) >= 11 is 0. The molecule has 104 valence electrons. The van der Waals surface area contributed by atoms with Crippen molar-refractivity contribution < 1.29 is 9.18 Å². The molecule has 4 heteroatoms. The lowest BCUT2D eigenvalue weighted by Crippen LogP contribution is -2.27. The van der Waals surface area contributed by atoms with Crippen molar-refractivity contribution in [2.75, 3.05) is 13.6 Å². The summed E-state index contributed by atoms with van der Waals surface area (Å²) in [6.45, 7) is 0.884. The molecule has 0 aliphatic carbocycles. The standard InChI is InChI=1S/C16H17FN2O/c1-19(11-14-7-4-5-9-18-14)12-15(20)10-13-6-2-3-8-16(13)17/h2-9H,10-12H2,1H3. The molecule has 1 heterocycles. The number of aromatic nitrogens is 1. The Morgan fingerprint density at radius 1 is 1.20 bits per heavy atom. The van der Waals surface area contributed by atoms with Gasteiger partial charge in [-0.25, -0.2) is 4.39 Å². The Balaban J connectivity index is 1.87. The number of pyridine rings is 1. The van der Waals surface area contributed by atoms with Gasteiger partial charge in [0.05, 0.1) is 12.2 Å². The highest BCUT2D eigenvalue weighted by Gasteiger charge is 2.11. The van der Waals surface area contributed by atoms with Crippen LogP contribution in [0.3, 0.4) is 0 Å². The quantitative estimate of drug-likeness (QED) is 0.810. The Kier molecular flexibility index (Phi) is 4.96. The average Bonchev–Trinajstić information content (AvgIpc) is 2.42. The van der Waals surface area contributed by atoms with Crippen LogP contribution in [-0.2, 0) is 17.8 Å². The molecule has 0 atom stereocenters. The maximum atomic E-state index is 13.5. The van der Waals surface area contributed by atoms with Gasteiger partial charge in [-0.2, -0.15) is 0 Å². The number of carbonyl (C=O) groups excluding carboxylic acids is 1. The number of hydrogen-bond acceptors (Lipinski definition) is 3. The van der Waals surface area contributed by atoms with E-state index in [1.54, 1.807) is 24.4 Å². The summed E-state index contributed by atoms with van der Waals surface area (Å²) < 4.78 is 13.5. The second kappa shape index (κ2) is 6.91. The lowest BCUT2D eigenvalue weighted by molar-refractivity contribution is -0.119. The molecule has 0 saturated heterocycles. The average molecular weight is 272 g/mol. The van der Waals surface area contributed by atoms with E-state index in [0.717, 1.165) is 5.69 Å².